The van der Waals surface area contributed by atoms with E-state index in [1.165, 1.54) is 29.7 Å². The Labute approximate surface area is 172 Å². The van der Waals surface area contributed by atoms with Crippen molar-refractivity contribution >= 4 is 34.0 Å². The molecule has 7 nitrogen and oxygen atoms in total. The molecule has 29 heavy (non-hydrogen) atoms. The van der Waals surface area contributed by atoms with E-state index in [1.807, 2.05) is 38.3 Å². The van der Waals surface area contributed by atoms with Crippen LogP contribution in [0.2, 0.25) is 0 Å². The Bertz CT molecular complexity index is 1070. The molecule has 8 heteroatoms. The van der Waals surface area contributed by atoms with Gasteiger partial charge in [-0.2, -0.15) is 0 Å². The average Bonchev–Trinajstić information content (AvgIpc) is 3.11. The summed E-state index contributed by atoms with van der Waals surface area (Å²) < 4.78 is 0. The number of benzene rings is 1. The second-order valence-corrected chi connectivity index (χ2v) is 7.72. The summed E-state index contributed by atoms with van der Waals surface area (Å²) in [6, 6.07) is 6.82. The van der Waals surface area contributed by atoms with E-state index in [9.17, 15) is 14.4 Å². The third-order valence-electron chi connectivity index (χ3n) is 4.37. The number of aromatic nitrogens is 2. The molecule has 2 aromatic heterocycles. The number of rotatable bonds is 6. The number of carbonyl (C=O) groups excluding carboxylic acids is 2. The lowest BCUT2D eigenvalue weighted by molar-refractivity contribution is -0.116. The summed E-state index contributed by atoms with van der Waals surface area (Å²) >= 11 is 1.29. The molecule has 0 aliphatic heterocycles. The highest BCUT2D eigenvalue weighted by molar-refractivity contribution is 7.14. The van der Waals surface area contributed by atoms with Gasteiger partial charge in [0.25, 0.3) is 5.91 Å². The molecule has 0 atom stereocenters. The van der Waals surface area contributed by atoms with Gasteiger partial charge in [0.05, 0.1) is 11.3 Å². The van der Waals surface area contributed by atoms with E-state index in [0.717, 1.165) is 28.1 Å². The van der Waals surface area contributed by atoms with E-state index in [4.69, 9.17) is 0 Å². The Morgan fingerprint density at radius 1 is 1.10 bits per heavy atom. The van der Waals surface area contributed by atoms with Crippen molar-refractivity contribution in [2.24, 2.45) is 0 Å². The van der Waals surface area contributed by atoms with E-state index >= 15 is 0 Å². The maximum atomic E-state index is 12.3. The van der Waals surface area contributed by atoms with E-state index in [-0.39, 0.29) is 17.4 Å². The number of aromatic amines is 1. The summed E-state index contributed by atoms with van der Waals surface area (Å²) in [7, 11) is 0. The Morgan fingerprint density at radius 3 is 2.48 bits per heavy atom. The van der Waals surface area contributed by atoms with Gasteiger partial charge < -0.3 is 10.3 Å². The molecule has 0 spiro atoms. The van der Waals surface area contributed by atoms with Crippen molar-refractivity contribution in [1.29, 1.82) is 0 Å². The summed E-state index contributed by atoms with van der Waals surface area (Å²) in [6.07, 6.45) is 2.12. The maximum Gasteiger partial charge on any atom is 0.258 e. The molecule has 0 aliphatic rings. The van der Waals surface area contributed by atoms with Gasteiger partial charge in [0, 0.05) is 29.8 Å². The van der Waals surface area contributed by atoms with Crippen molar-refractivity contribution in [3.05, 3.63) is 74.1 Å². The predicted molar refractivity (Wildman–Crippen MR) is 115 cm³/mol. The number of aryl methyl sites for hydroxylation is 4. The van der Waals surface area contributed by atoms with Crippen molar-refractivity contribution < 1.29 is 9.59 Å². The number of nitrogens with one attached hydrogen (secondary N) is 3. The molecular formula is C21H22N4O3S. The zero-order valence-corrected chi connectivity index (χ0v) is 17.3. The first-order valence-electron chi connectivity index (χ1n) is 9.14. The van der Waals surface area contributed by atoms with Crippen molar-refractivity contribution in [3.8, 4) is 0 Å². The van der Waals surface area contributed by atoms with Crippen LogP contribution in [-0.4, -0.2) is 21.8 Å². The second-order valence-electron chi connectivity index (χ2n) is 6.86. The molecule has 0 saturated heterocycles. The van der Waals surface area contributed by atoms with Gasteiger partial charge in [-0.1, -0.05) is 17.7 Å². The average molecular weight is 410 g/mol. The molecule has 0 radical (unpaired) electrons. The van der Waals surface area contributed by atoms with Gasteiger partial charge in [-0.25, -0.2) is 4.98 Å². The van der Waals surface area contributed by atoms with Crippen molar-refractivity contribution in [2.45, 2.75) is 33.6 Å². The third-order valence-corrected chi connectivity index (χ3v) is 5.17. The number of pyridine rings is 1. The van der Waals surface area contributed by atoms with Gasteiger partial charge in [0.2, 0.25) is 11.5 Å². The standard InChI is InChI=1S/C21H22N4O3S/c1-12-8-13(2)19(14(3)9-12)24-18(27)7-5-16-11-29-21(23-16)25-20(28)15-4-6-17(26)22-10-15/h4,6,8-11H,5,7H2,1-3H3,(H,22,26)(H,24,27)(H,23,25,28). The van der Waals surface area contributed by atoms with Gasteiger partial charge in [-0.15, -0.1) is 11.3 Å². The minimum atomic E-state index is -0.356. The lowest BCUT2D eigenvalue weighted by Crippen LogP contribution is -2.15. The molecule has 2 heterocycles. The number of thiazole rings is 1. The number of nitrogens with zero attached hydrogens (tertiary/aromatic N) is 1. The summed E-state index contributed by atoms with van der Waals surface area (Å²) in [5.74, 6) is -0.433. The molecule has 1 aromatic carbocycles. The number of hydrogen-bond acceptors (Lipinski definition) is 5. The quantitative estimate of drug-likeness (QED) is 0.578. The molecular weight excluding hydrogens is 388 g/mol. The summed E-state index contributed by atoms with van der Waals surface area (Å²) in [5.41, 5.74) is 4.90. The zero-order valence-electron chi connectivity index (χ0n) is 16.5. The normalized spacial score (nSPS) is 10.6. The number of carbonyl (C=O) groups is 2. The Morgan fingerprint density at radius 2 is 1.83 bits per heavy atom. The first-order chi connectivity index (χ1) is 13.8. The highest BCUT2D eigenvalue weighted by atomic mass is 32.1. The Hall–Kier alpha value is -3.26. The monoisotopic (exact) mass is 410 g/mol. The molecule has 0 unspecified atom stereocenters. The van der Waals surface area contributed by atoms with Crippen LogP contribution in [0.3, 0.4) is 0 Å². The highest BCUT2D eigenvalue weighted by Crippen LogP contribution is 2.22. The SMILES string of the molecule is Cc1cc(C)c(NC(=O)CCc2csc(NC(=O)c3ccc(=O)[nH]c3)n2)c(C)c1. The van der Waals surface area contributed by atoms with Crippen LogP contribution in [0.1, 0.15) is 39.2 Å². The zero-order chi connectivity index (χ0) is 21.0. The van der Waals surface area contributed by atoms with E-state index in [2.05, 4.69) is 20.6 Å². The van der Waals surface area contributed by atoms with Crippen LogP contribution in [0.15, 0.2) is 40.6 Å². The molecule has 0 fully saturated rings. The van der Waals surface area contributed by atoms with Crippen LogP contribution in [-0.2, 0) is 11.2 Å². The number of anilines is 2. The highest BCUT2D eigenvalue weighted by Gasteiger charge is 2.12. The lowest BCUT2D eigenvalue weighted by atomic mass is 10.0. The molecule has 0 aliphatic carbocycles. The van der Waals surface area contributed by atoms with Crippen molar-refractivity contribution in [1.82, 2.24) is 9.97 Å². The van der Waals surface area contributed by atoms with Crippen LogP contribution < -0.4 is 16.2 Å². The molecule has 0 bridgehead atoms. The number of H-pyrrole nitrogens is 1. The first-order valence-corrected chi connectivity index (χ1v) is 10.0. The van der Waals surface area contributed by atoms with Crippen LogP contribution in [0.25, 0.3) is 0 Å². The van der Waals surface area contributed by atoms with Crippen molar-refractivity contribution in [2.75, 3.05) is 10.6 Å². The van der Waals surface area contributed by atoms with Gasteiger partial charge in [-0.05, 0) is 44.4 Å². The number of amides is 2. The molecule has 150 valence electrons. The molecule has 3 N–H and O–H groups in total. The van der Waals surface area contributed by atoms with Crippen LogP contribution in [0.4, 0.5) is 10.8 Å². The van der Waals surface area contributed by atoms with E-state index in [1.54, 1.807) is 0 Å². The summed E-state index contributed by atoms with van der Waals surface area (Å²) in [6.45, 7) is 5.99. The Balaban J connectivity index is 1.55. The molecule has 0 saturated carbocycles. The van der Waals surface area contributed by atoms with E-state index in [0.29, 0.717) is 23.5 Å². The minimum Gasteiger partial charge on any atom is -0.328 e. The predicted octanol–water partition coefficient (Wildman–Crippen LogP) is 3.58. The van der Waals surface area contributed by atoms with Gasteiger partial charge in [-0.3, -0.25) is 19.7 Å². The van der Waals surface area contributed by atoms with Crippen LogP contribution in [0.5, 0.6) is 0 Å². The van der Waals surface area contributed by atoms with Gasteiger partial charge in [0.15, 0.2) is 5.13 Å². The topological polar surface area (TPSA) is 104 Å². The fraction of sp³-hybridized carbons (Fsp3) is 0.238. The fourth-order valence-corrected chi connectivity index (χ4v) is 3.76. The third kappa shape index (κ3) is 5.39. The van der Waals surface area contributed by atoms with Crippen LogP contribution >= 0.6 is 11.3 Å². The van der Waals surface area contributed by atoms with Crippen LogP contribution in [0, 0.1) is 20.8 Å². The summed E-state index contributed by atoms with van der Waals surface area (Å²) in [5, 5.41) is 7.93. The van der Waals surface area contributed by atoms with Crippen molar-refractivity contribution in [3.63, 3.8) is 0 Å². The summed E-state index contributed by atoms with van der Waals surface area (Å²) in [4.78, 5) is 42.4. The molecule has 2 amide bonds. The fourth-order valence-electron chi connectivity index (χ4n) is 3.02. The van der Waals surface area contributed by atoms with E-state index < -0.39 is 0 Å². The van der Waals surface area contributed by atoms with Gasteiger partial charge >= 0.3 is 0 Å². The first kappa shape index (κ1) is 20.5. The largest absolute Gasteiger partial charge is 0.328 e. The Kier molecular flexibility index (Phi) is 6.23. The smallest absolute Gasteiger partial charge is 0.258 e. The maximum absolute atomic E-state index is 12.3. The van der Waals surface area contributed by atoms with Gasteiger partial charge in [0.1, 0.15) is 0 Å². The minimum absolute atomic E-state index is 0.0770. The number of hydrogen-bond donors (Lipinski definition) is 3. The molecule has 3 rings (SSSR count). The molecule has 3 aromatic rings. The second kappa shape index (κ2) is 8.83. The lowest BCUT2D eigenvalue weighted by Gasteiger charge is -2.12.